The Morgan fingerprint density at radius 3 is 2.33 bits per heavy atom. The highest BCUT2D eigenvalue weighted by Crippen LogP contribution is 2.25. The monoisotopic (exact) mass is 409 g/mol. The molecule has 0 saturated carbocycles. The number of hydrazone groups is 1. The largest absolute Gasteiger partial charge is 0.335 e. The van der Waals surface area contributed by atoms with Gasteiger partial charge in [0.05, 0.1) is 0 Å². The number of benzene rings is 2. The minimum atomic E-state index is 0.189. The summed E-state index contributed by atoms with van der Waals surface area (Å²) in [6.45, 7) is 9.18. The molecule has 6 heteroatoms. The van der Waals surface area contributed by atoms with Crippen molar-refractivity contribution in [3.8, 4) is 11.1 Å². The summed E-state index contributed by atoms with van der Waals surface area (Å²) in [5.41, 5.74) is 6.51. The van der Waals surface area contributed by atoms with Gasteiger partial charge in [-0.05, 0) is 36.0 Å². The molecule has 1 amide bonds. The van der Waals surface area contributed by atoms with Crippen LogP contribution in [0.2, 0.25) is 0 Å². The number of nitrogens with two attached hydrogens (primary N) is 2. The predicted molar refractivity (Wildman–Crippen MR) is 124 cm³/mol. The third-order valence-corrected chi connectivity index (χ3v) is 5.59. The topological polar surface area (TPSA) is 96.7 Å². The molecule has 0 aliphatic heterocycles. The Balaban J connectivity index is 2.27. The third-order valence-electron chi connectivity index (χ3n) is 5.59. The number of nitrogens with one attached hydrogen (secondary N) is 1. The van der Waals surface area contributed by atoms with Crippen LogP contribution in [0, 0.1) is 5.92 Å². The minimum absolute atomic E-state index is 0.189. The van der Waals surface area contributed by atoms with Crippen LogP contribution in [0.4, 0.5) is 0 Å². The Bertz CT molecular complexity index is 845. The molecule has 0 spiro atoms. The van der Waals surface area contributed by atoms with Crippen molar-refractivity contribution in [1.29, 1.82) is 0 Å². The predicted octanol–water partition coefficient (Wildman–Crippen LogP) is 4.00. The van der Waals surface area contributed by atoms with E-state index >= 15 is 0 Å². The summed E-state index contributed by atoms with van der Waals surface area (Å²) in [6, 6.07) is 16.3. The molecule has 0 radical (unpaired) electrons. The lowest BCUT2D eigenvalue weighted by molar-refractivity contribution is -0.135. The Labute approximate surface area is 180 Å². The molecule has 1 unspecified atom stereocenters. The molecule has 2 aromatic carbocycles. The highest BCUT2D eigenvalue weighted by molar-refractivity contribution is 6.04. The third kappa shape index (κ3) is 5.83. The van der Waals surface area contributed by atoms with Gasteiger partial charge in [0.15, 0.2) is 5.84 Å². The number of carbonyl (C=O) groups excluding carboxylic acids is 1. The summed E-state index contributed by atoms with van der Waals surface area (Å²) in [5.74, 6) is 12.1. The molecule has 1 atom stereocenters. The lowest BCUT2D eigenvalue weighted by Gasteiger charge is -2.32. The summed E-state index contributed by atoms with van der Waals surface area (Å²) in [6.07, 6.45) is 2.55. The highest BCUT2D eigenvalue weighted by Gasteiger charge is 2.22. The van der Waals surface area contributed by atoms with Gasteiger partial charge >= 0.3 is 0 Å². The standard InChI is InChI=1S/C24H35N5O/c1-5-6-11-23(30)29(18(4)17(2)3)16-19-12-14-20(15-13-19)21-9-7-8-10-22(21)24(27-25)28-26/h7-10,12-15,17-18H,5-6,11,16,25-26H2,1-4H3,(H,27,28). The van der Waals surface area contributed by atoms with E-state index in [9.17, 15) is 4.79 Å². The van der Waals surface area contributed by atoms with Crippen molar-refractivity contribution in [3.05, 3.63) is 59.7 Å². The lowest BCUT2D eigenvalue weighted by Crippen LogP contribution is -2.40. The Kier molecular flexibility index (Phi) is 8.87. The molecule has 2 aromatic rings. The second-order valence-corrected chi connectivity index (χ2v) is 7.97. The molecule has 0 saturated heterocycles. The van der Waals surface area contributed by atoms with E-state index in [0.717, 1.165) is 35.1 Å². The summed E-state index contributed by atoms with van der Waals surface area (Å²) in [7, 11) is 0. The number of rotatable bonds is 9. The fourth-order valence-electron chi connectivity index (χ4n) is 3.40. The van der Waals surface area contributed by atoms with Gasteiger partial charge in [0, 0.05) is 24.6 Å². The lowest BCUT2D eigenvalue weighted by atomic mass is 9.97. The molecular weight excluding hydrogens is 374 g/mol. The van der Waals surface area contributed by atoms with Crippen LogP contribution in [0.25, 0.3) is 11.1 Å². The molecular formula is C24H35N5O. The zero-order valence-corrected chi connectivity index (χ0v) is 18.6. The zero-order chi connectivity index (χ0) is 22.1. The number of unbranched alkanes of at least 4 members (excludes halogenated alkanes) is 1. The smallest absolute Gasteiger partial charge is 0.223 e. The highest BCUT2D eigenvalue weighted by atomic mass is 16.2. The van der Waals surface area contributed by atoms with Crippen LogP contribution in [0.5, 0.6) is 0 Å². The van der Waals surface area contributed by atoms with Crippen LogP contribution in [0.15, 0.2) is 53.6 Å². The summed E-state index contributed by atoms with van der Waals surface area (Å²) in [4.78, 5) is 14.8. The second-order valence-electron chi connectivity index (χ2n) is 7.97. The van der Waals surface area contributed by atoms with E-state index in [1.54, 1.807) is 0 Å². The number of amidine groups is 1. The van der Waals surface area contributed by atoms with Crippen LogP contribution >= 0.6 is 0 Å². The van der Waals surface area contributed by atoms with Crippen molar-refractivity contribution in [2.45, 2.75) is 59.5 Å². The molecule has 0 fully saturated rings. The van der Waals surface area contributed by atoms with Crippen LogP contribution in [-0.2, 0) is 11.3 Å². The van der Waals surface area contributed by atoms with Gasteiger partial charge in [-0.3, -0.25) is 4.79 Å². The number of hydrogen-bond donors (Lipinski definition) is 3. The fourth-order valence-corrected chi connectivity index (χ4v) is 3.40. The van der Waals surface area contributed by atoms with Gasteiger partial charge in [0.1, 0.15) is 0 Å². The zero-order valence-electron chi connectivity index (χ0n) is 18.6. The van der Waals surface area contributed by atoms with Gasteiger partial charge in [-0.2, -0.15) is 5.10 Å². The molecule has 0 bridgehead atoms. The molecule has 162 valence electrons. The van der Waals surface area contributed by atoms with Crippen molar-refractivity contribution < 1.29 is 4.79 Å². The average Bonchev–Trinajstić information content (AvgIpc) is 2.77. The molecule has 0 aliphatic rings. The average molecular weight is 410 g/mol. The molecule has 2 rings (SSSR count). The molecule has 0 aliphatic carbocycles. The normalized spacial score (nSPS) is 12.7. The number of carbonyl (C=O) groups is 1. The maximum absolute atomic E-state index is 12.8. The van der Waals surface area contributed by atoms with Gasteiger partial charge < -0.3 is 16.2 Å². The van der Waals surface area contributed by atoms with Crippen LogP contribution < -0.4 is 17.1 Å². The van der Waals surface area contributed by atoms with Crippen LogP contribution in [0.3, 0.4) is 0 Å². The SMILES string of the molecule is CCCCC(=O)N(Cc1ccc(-c2ccccc2/C(=N/N)NN)cc1)C(C)C(C)C. The van der Waals surface area contributed by atoms with Gasteiger partial charge in [-0.15, -0.1) is 0 Å². The number of amides is 1. The first-order chi connectivity index (χ1) is 14.4. The maximum Gasteiger partial charge on any atom is 0.223 e. The second kappa shape index (κ2) is 11.4. The molecule has 30 heavy (non-hydrogen) atoms. The van der Waals surface area contributed by atoms with E-state index < -0.39 is 0 Å². The molecule has 0 heterocycles. The molecule has 5 N–H and O–H groups in total. The Morgan fingerprint density at radius 2 is 1.77 bits per heavy atom. The first-order valence-electron chi connectivity index (χ1n) is 10.7. The van der Waals surface area contributed by atoms with E-state index in [1.165, 1.54) is 0 Å². The van der Waals surface area contributed by atoms with Gasteiger partial charge in [0.25, 0.3) is 0 Å². The van der Waals surface area contributed by atoms with Crippen molar-refractivity contribution in [1.82, 2.24) is 10.3 Å². The van der Waals surface area contributed by atoms with E-state index in [2.05, 4.69) is 62.5 Å². The summed E-state index contributed by atoms with van der Waals surface area (Å²) < 4.78 is 0. The van der Waals surface area contributed by atoms with Crippen LogP contribution in [-0.4, -0.2) is 22.7 Å². The number of hydrazine groups is 1. The first kappa shape index (κ1) is 23.4. The maximum atomic E-state index is 12.8. The van der Waals surface area contributed by atoms with E-state index in [1.807, 2.05) is 29.2 Å². The van der Waals surface area contributed by atoms with Crippen molar-refractivity contribution in [2.24, 2.45) is 22.7 Å². The first-order valence-corrected chi connectivity index (χ1v) is 10.7. The minimum Gasteiger partial charge on any atom is -0.335 e. The molecule has 6 nitrogen and oxygen atoms in total. The number of hydrogen-bond acceptors (Lipinski definition) is 4. The van der Waals surface area contributed by atoms with Gasteiger partial charge in [-0.1, -0.05) is 75.7 Å². The van der Waals surface area contributed by atoms with Crippen LogP contribution in [0.1, 0.15) is 58.1 Å². The van der Waals surface area contributed by atoms with Crippen molar-refractivity contribution in [3.63, 3.8) is 0 Å². The van der Waals surface area contributed by atoms with E-state index in [0.29, 0.717) is 24.7 Å². The van der Waals surface area contributed by atoms with E-state index in [-0.39, 0.29) is 11.9 Å². The van der Waals surface area contributed by atoms with Crippen molar-refractivity contribution in [2.75, 3.05) is 0 Å². The van der Waals surface area contributed by atoms with E-state index in [4.69, 9.17) is 11.7 Å². The number of nitrogens with zero attached hydrogens (tertiary/aromatic N) is 2. The van der Waals surface area contributed by atoms with Gasteiger partial charge in [-0.25, -0.2) is 5.84 Å². The fraction of sp³-hybridized carbons (Fsp3) is 0.417. The Morgan fingerprint density at radius 1 is 1.10 bits per heavy atom. The Hall–Kier alpha value is -2.86. The summed E-state index contributed by atoms with van der Waals surface area (Å²) in [5, 5.41) is 3.74. The van der Waals surface area contributed by atoms with Gasteiger partial charge in [0.2, 0.25) is 5.91 Å². The molecule has 0 aromatic heterocycles. The quantitative estimate of drug-likeness (QED) is 0.252. The summed E-state index contributed by atoms with van der Waals surface area (Å²) >= 11 is 0. The van der Waals surface area contributed by atoms with Crippen molar-refractivity contribution >= 4 is 11.7 Å².